The molecule has 0 spiro atoms. The summed E-state index contributed by atoms with van der Waals surface area (Å²) in [6.07, 6.45) is -2.88. The van der Waals surface area contributed by atoms with Gasteiger partial charge in [0.15, 0.2) is 6.23 Å². The van der Waals surface area contributed by atoms with Crippen LogP contribution < -0.4 is 20.9 Å². The molecule has 3 N–H and O–H groups in total. The predicted molar refractivity (Wildman–Crippen MR) is 140 cm³/mol. The summed E-state index contributed by atoms with van der Waals surface area (Å²) in [5.41, 5.74) is -0.760. The van der Waals surface area contributed by atoms with Crippen LogP contribution in [0, 0.1) is 5.92 Å². The molecular formula is C26H29FN3O9P. The smallest absolute Gasteiger partial charge is 0.459 e. The summed E-state index contributed by atoms with van der Waals surface area (Å²) in [7, 11) is -4.31. The lowest BCUT2D eigenvalue weighted by Crippen LogP contribution is -2.36. The van der Waals surface area contributed by atoms with E-state index < -0.39 is 68.6 Å². The number of hydrogen-bond donors (Lipinski definition) is 3. The molecule has 14 heteroatoms. The molecule has 0 radical (unpaired) electrons. The van der Waals surface area contributed by atoms with Gasteiger partial charge in [-0.05, 0) is 24.6 Å². The Morgan fingerprint density at radius 1 is 1.15 bits per heavy atom. The van der Waals surface area contributed by atoms with Gasteiger partial charge in [0, 0.05) is 18.2 Å². The number of aromatic amines is 1. The van der Waals surface area contributed by atoms with Gasteiger partial charge in [-0.25, -0.2) is 9.36 Å². The second-order valence-electron chi connectivity index (χ2n) is 9.03. The van der Waals surface area contributed by atoms with Crippen molar-refractivity contribution in [1.82, 2.24) is 14.6 Å². The van der Waals surface area contributed by atoms with Crippen LogP contribution in [-0.4, -0.2) is 52.2 Å². The third-order valence-electron chi connectivity index (χ3n) is 6.13. The van der Waals surface area contributed by atoms with Gasteiger partial charge in [-0.1, -0.05) is 48.5 Å². The molecule has 4 rings (SSSR count). The van der Waals surface area contributed by atoms with Crippen LogP contribution in [0.4, 0.5) is 4.39 Å². The molecule has 214 valence electrons. The predicted octanol–water partition coefficient (Wildman–Crippen LogP) is 2.31. The zero-order valence-corrected chi connectivity index (χ0v) is 22.3. The van der Waals surface area contributed by atoms with Gasteiger partial charge in [0.25, 0.3) is 5.56 Å². The number of carbonyl (C=O) groups excluding carboxylic acids is 1. The number of halogens is 1. The van der Waals surface area contributed by atoms with Crippen molar-refractivity contribution in [3.8, 4) is 5.75 Å². The number of carbonyl (C=O) groups is 1. The summed E-state index contributed by atoms with van der Waals surface area (Å²) in [4.78, 5) is 38.3. The summed E-state index contributed by atoms with van der Waals surface area (Å²) >= 11 is 0. The topological polar surface area (TPSA) is 158 Å². The summed E-state index contributed by atoms with van der Waals surface area (Å²) in [6, 6.07) is 16.9. The number of ether oxygens (including phenoxy) is 2. The van der Waals surface area contributed by atoms with E-state index in [-0.39, 0.29) is 12.4 Å². The van der Waals surface area contributed by atoms with Crippen molar-refractivity contribution in [1.29, 1.82) is 0 Å². The van der Waals surface area contributed by atoms with Crippen LogP contribution in [0.3, 0.4) is 0 Å². The molecule has 0 saturated carbocycles. The lowest BCUT2D eigenvalue weighted by molar-refractivity contribution is -0.146. The highest BCUT2D eigenvalue weighted by molar-refractivity contribution is 7.52. The number of para-hydroxylation sites is 1. The number of rotatable bonds is 12. The summed E-state index contributed by atoms with van der Waals surface area (Å²) in [5, 5.41) is 13.2. The van der Waals surface area contributed by atoms with E-state index in [1.807, 2.05) is 11.1 Å². The van der Waals surface area contributed by atoms with Gasteiger partial charge in [0.1, 0.15) is 24.5 Å². The molecular weight excluding hydrogens is 548 g/mol. The molecule has 0 amide bonds. The first kappa shape index (κ1) is 29.4. The Morgan fingerprint density at radius 3 is 2.48 bits per heavy atom. The van der Waals surface area contributed by atoms with Gasteiger partial charge >= 0.3 is 19.4 Å². The molecule has 0 aliphatic carbocycles. The minimum atomic E-state index is -4.31. The number of esters is 1. The van der Waals surface area contributed by atoms with E-state index in [9.17, 15) is 28.4 Å². The molecule has 1 aromatic heterocycles. The Morgan fingerprint density at radius 2 is 1.82 bits per heavy atom. The second-order valence-corrected chi connectivity index (χ2v) is 10.7. The number of H-pyrrole nitrogens is 1. The van der Waals surface area contributed by atoms with E-state index in [0.29, 0.717) is 0 Å². The van der Waals surface area contributed by atoms with Gasteiger partial charge in [-0.15, -0.1) is 0 Å². The van der Waals surface area contributed by atoms with Crippen LogP contribution in [0.15, 0.2) is 82.5 Å². The number of aromatic nitrogens is 2. The maximum absolute atomic E-state index is 13.9. The highest BCUT2D eigenvalue weighted by Gasteiger charge is 2.46. The first-order valence-corrected chi connectivity index (χ1v) is 13.9. The third kappa shape index (κ3) is 7.32. The highest BCUT2D eigenvalue weighted by Crippen LogP contribution is 2.46. The van der Waals surface area contributed by atoms with Crippen molar-refractivity contribution in [3.05, 3.63) is 99.3 Å². The van der Waals surface area contributed by atoms with E-state index in [1.165, 1.54) is 19.1 Å². The van der Waals surface area contributed by atoms with E-state index in [0.717, 1.165) is 22.4 Å². The quantitative estimate of drug-likeness (QED) is 0.215. The van der Waals surface area contributed by atoms with Crippen LogP contribution in [0.1, 0.15) is 18.7 Å². The Hall–Kier alpha value is -3.61. The van der Waals surface area contributed by atoms with Gasteiger partial charge in [-0.3, -0.25) is 28.1 Å². The molecule has 2 aromatic carbocycles. The van der Waals surface area contributed by atoms with Crippen molar-refractivity contribution in [2.45, 2.75) is 38.0 Å². The van der Waals surface area contributed by atoms with Crippen molar-refractivity contribution < 1.29 is 37.4 Å². The Labute approximate surface area is 228 Å². The minimum Gasteiger partial charge on any atom is -0.460 e. The summed E-state index contributed by atoms with van der Waals surface area (Å²) in [5.74, 6) is -1.73. The van der Waals surface area contributed by atoms with Gasteiger partial charge < -0.3 is 19.1 Å². The van der Waals surface area contributed by atoms with Crippen LogP contribution in [-0.2, 0) is 30.0 Å². The van der Waals surface area contributed by atoms with Crippen molar-refractivity contribution in [2.24, 2.45) is 5.92 Å². The first-order valence-electron chi connectivity index (χ1n) is 12.4. The van der Waals surface area contributed by atoms with E-state index >= 15 is 0 Å². The first-order chi connectivity index (χ1) is 19.2. The van der Waals surface area contributed by atoms with Gasteiger partial charge in [0.05, 0.1) is 19.4 Å². The zero-order chi connectivity index (χ0) is 28.7. The van der Waals surface area contributed by atoms with Crippen LogP contribution in [0.2, 0.25) is 0 Å². The number of nitrogens with zero attached hydrogens (tertiary/aromatic N) is 1. The molecule has 0 bridgehead atoms. The number of nitrogens with one attached hydrogen (secondary N) is 2. The number of alkyl halides is 1. The monoisotopic (exact) mass is 577 g/mol. The fourth-order valence-electron chi connectivity index (χ4n) is 4.03. The molecule has 3 aromatic rings. The number of aliphatic hydroxyl groups excluding tert-OH is 1. The van der Waals surface area contributed by atoms with E-state index in [4.69, 9.17) is 18.5 Å². The fourth-order valence-corrected chi connectivity index (χ4v) is 5.53. The number of aliphatic hydroxyl groups is 1. The lowest BCUT2D eigenvalue weighted by Gasteiger charge is -2.25. The second kappa shape index (κ2) is 13.2. The lowest BCUT2D eigenvalue weighted by atomic mass is 10.00. The Bertz CT molecular complexity index is 1440. The summed E-state index contributed by atoms with van der Waals surface area (Å²) < 4.78 is 50.8. The molecule has 2 heterocycles. The van der Waals surface area contributed by atoms with Crippen LogP contribution >= 0.6 is 7.75 Å². The molecule has 1 aliphatic rings. The Kier molecular flexibility index (Phi) is 9.67. The average Bonchev–Trinajstić information content (AvgIpc) is 3.26. The van der Waals surface area contributed by atoms with Crippen molar-refractivity contribution in [2.75, 3.05) is 13.3 Å². The normalized spacial score (nSPS) is 22.8. The maximum atomic E-state index is 13.9. The molecule has 6 atom stereocenters. The SMILES string of the molecule is C[C@H](N[P@](=O)(OC[C@H]1O[C@@H](n2ccc(=O)[nH]c2=O)[C@H](O)[C@@H]1CF)Oc1ccccc1)C(=O)OCc1ccccc1. The zero-order valence-electron chi connectivity index (χ0n) is 21.4. The van der Waals surface area contributed by atoms with Gasteiger partial charge in [0.2, 0.25) is 0 Å². The maximum Gasteiger partial charge on any atom is 0.459 e. The summed E-state index contributed by atoms with van der Waals surface area (Å²) in [6.45, 7) is -0.184. The third-order valence-corrected chi connectivity index (χ3v) is 7.78. The molecule has 40 heavy (non-hydrogen) atoms. The fraction of sp³-hybridized carbons (Fsp3) is 0.346. The largest absolute Gasteiger partial charge is 0.460 e. The molecule has 1 fully saturated rings. The van der Waals surface area contributed by atoms with Crippen LogP contribution in [0.25, 0.3) is 0 Å². The molecule has 12 nitrogen and oxygen atoms in total. The highest BCUT2D eigenvalue weighted by atomic mass is 31.2. The van der Waals surface area contributed by atoms with Gasteiger partial charge in [-0.2, -0.15) is 5.09 Å². The van der Waals surface area contributed by atoms with E-state index in [2.05, 4.69) is 5.09 Å². The average molecular weight is 578 g/mol. The molecule has 1 aliphatic heterocycles. The van der Waals surface area contributed by atoms with E-state index in [1.54, 1.807) is 42.5 Å². The van der Waals surface area contributed by atoms with Crippen molar-refractivity contribution in [3.63, 3.8) is 0 Å². The Balaban J connectivity index is 1.47. The molecule has 0 unspecified atom stereocenters. The number of hydrogen-bond acceptors (Lipinski definition) is 9. The van der Waals surface area contributed by atoms with Crippen molar-refractivity contribution >= 4 is 13.7 Å². The standard InChI is InChI=1S/C26H29FN3O9P/c1-17(25(33)36-15-18-8-4-2-5-9-18)29-40(35,39-19-10-6-3-7-11-19)37-16-21-20(14-27)23(32)24(38-21)30-13-12-22(31)28-26(30)34/h2-13,17,20-21,23-24,32H,14-16H2,1H3,(H,29,35)(H,28,31,34)/t17-,20+,21+,23+,24+,40-/m0/s1. The number of benzene rings is 2. The van der Waals surface area contributed by atoms with Crippen LogP contribution in [0.5, 0.6) is 5.75 Å². The minimum absolute atomic E-state index is 0.00607. The molecule has 1 saturated heterocycles.